The molecule has 8 nitrogen and oxygen atoms in total. The zero-order valence-corrected chi connectivity index (χ0v) is 22.1. The van der Waals surface area contributed by atoms with Crippen LogP contribution in [0.1, 0.15) is 29.5 Å². The van der Waals surface area contributed by atoms with Crippen molar-refractivity contribution in [3.63, 3.8) is 0 Å². The summed E-state index contributed by atoms with van der Waals surface area (Å²) in [4.78, 5) is 19.0. The van der Waals surface area contributed by atoms with Gasteiger partial charge in [0.15, 0.2) is 17.0 Å². The van der Waals surface area contributed by atoms with Crippen molar-refractivity contribution in [2.45, 2.75) is 38.1 Å². The number of aromatic nitrogens is 4. The number of ether oxygens (including phenoxy) is 1. The van der Waals surface area contributed by atoms with E-state index in [1.165, 1.54) is 17.7 Å². The van der Waals surface area contributed by atoms with Crippen molar-refractivity contribution >= 4 is 22.9 Å². The van der Waals surface area contributed by atoms with Crippen LogP contribution in [0.5, 0.6) is 0 Å². The molecule has 1 N–H and O–H groups in total. The molecule has 2 aromatic carbocycles. The maximum atomic E-state index is 13.0. The molecule has 40 heavy (non-hydrogen) atoms. The predicted molar refractivity (Wildman–Crippen MR) is 147 cm³/mol. The van der Waals surface area contributed by atoms with Crippen molar-refractivity contribution in [3.8, 4) is 0 Å². The lowest BCUT2D eigenvalue weighted by Crippen LogP contribution is -2.39. The van der Waals surface area contributed by atoms with E-state index >= 15 is 0 Å². The largest absolute Gasteiger partial charge is 0.416 e. The molecule has 2 saturated heterocycles. The van der Waals surface area contributed by atoms with Gasteiger partial charge in [0.2, 0.25) is 5.95 Å². The molecule has 0 atom stereocenters. The first-order chi connectivity index (χ1) is 19.4. The van der Waals surface area contributed by atoms with E-state index in [-0.39, 0.29) is 6.04 Å². The number of hydrogen-bond acceptors (Lipinski definition) is 7. The fourth-order valence-electron chi connectivity index (χ4n) is 5.32. The predicted octanol–water partition coefficient (Wildman–Crippen LogP) is 4.81. The minimum absolute atomic E-state index is 0.253. The zero-order valence-electron chi connectivity index (χ0n) is 22.1. The number of morpholine rings is 1. The van der Waals surface area contributed by atoms with Crippen LogP contribution in [0.3, 0.4) is 0 Å². The van der Waals surface area contributed by atoms with Gasteiger partial charge in [-0.1, -0.05) is 42.5 Å². The van der Waals surface area contributed by atoms with Gasteiger partial charge < -0.3 is 19.5 Å². The standard InChI is InChI=1S/C29H32F3N7O/c30-29(31,32)23-8-6-22(7-9-23)19-39-20-33-25-26(35-28(36-27(25)39)38-14-16-40-17-15-38)34-24-10-12-37(13-11-24)18-21-4-2-1-3-5-21/h1-9,20,24H,10-19H2,(H,34,35,36). The highest BCUT2D eigenvalue weighted by molar-refractivity contribution is 5.84. The van der Waals surface area contributed by atoms with E-state index in [9.17, 15) is 13.2 Å². The Morgan fingerprint density at radius 1 is 0.850 bits per heavy atom. The fraction of sp³-hybridized carbons (Fsp3) is 0.414. The number of piperidine rings is 1. The third-order valence-corrected chi connectivity index (χ3v) is 7.56. The second kappa shape index (κ2) is 11.4. The molecule has 2 fully saturated rings. The molecule has 0 bridgehead atoms. The highest BCUT2D eigenvalue weighted by Crippen LogP contribution is 2.30. The van der Waals surface area contributed by atoms with Crippen molar-refractivity contribution in [2.24, 2.45) is 0 Å². The maximum absolute atomic E-state index is 13.0. The van der Waals surface area contributed by atoms with E-state index in [0.29, 0.717) is 55.8 Å². The van der Waals surface area contributed by atoms with Gasteiger partial charge in [-0.3, -0.25) is 4.90 Å². The van der Waals surface area contributed by atoms with E-state index in [4.69, 9.17) is 14.7 Å². The summed E-state index contributed by atoms with van der Waals surface area (Å²) in [7, 11) is 0. The molecule has 0 amide bonds. The number of halogens is 3. The Morgan fingerprint density at radius 3 is 2.25 bits per heavy atom. The summed E-state index contributed by atoms with van der Waals surface area (Å²) in [5.41, 5.74) is 2.71. The monoisotopic (exact) mass is 551 g/mol. The lowest BCUT2D eigenvalue weighted by atomic mass is 10.0. The Kier molecular flexibility index (Phi) is 7.57. The minimum Gasteiger partial charge on any atom is -0.378 e. The quantitative estimate of drug-likeness (QED) is 0.354. The Balaban J connectivity index is 1.22. The van der Waals surface area contributed by atoms with E-state index in [2.05, 4.69) is 44.4 Å². The van der Waals surface area contributed by atoms with Crippen molar-refractivity contribution in [1.29, 1.82) is 0 Å². The average Bonchev–Trinajstić information content (AvgIpc) is 3.38. The second-order valence-corrected chi connectivity index (χ2v) is 10.4. The summed E-state index contributed by atoms with van der Waals surface area (Å²) in [5.74, 6) is 1.30. The van der Waals surface area contributed by atoms with Crippen LogP contribution in [-0.2, 0) is 24.0 Å². The Morgan fingerprint density at radius 2 is 1.55 bits per heavy atom. The first kappa shape index (κ1) is 26.5. The fourth-order valence-corrected chi connectivity index (χ4v) is 5.32. The third kappa shape index (κ3) is 6.05. The summed E-state index contributed by atoms with van der Waals surface area (Å²) >= 11 is 0. The van der Waals surface area contributed by atoms with Gasteiger partial charge >= 0.3 is 6.18 Å². The first-order valence-corrected chi connectivity index (χ1v) is 13.7. The third-order valence-electron chi connectivity index (χ3n) is 7.56. The minimum atomic E-state index is -4.36. The van der Waals surface area contributed by atoms with E-state index < -0.39 is 11.7 Å². The Hall–Kier alpha value is -3.70. The van der Waals surface area contributed by atoms with E-state index in [0.717, 1.165) is 50.2 Å². The van der Waals surface area contributed by atoms with Gasteiger partial charge in [0.05, 0.1) is 31.6 Å². The summed E-state index contributed by atoms with van der Waals surface area (Å²) in [6, 6.07) is 16.0. The molecule has 2 aliphatic rings. The molecule has 0 unspecified atom stereocenters. The number of alkyl halides is 3. The van der Waals surface area contributed by atoms with E-state index in [1.807, 2.05) is 10.6 Å². The highest BCUT2D eigenvalue weighted by Gasteiger charge is 2.30. The molecule has 11 heteroatoms. The van der Waals surface area contributed by atoms with E-state index in [1.54, 1.807) is 6.33 Å². The van der Waals surface area contributed by atoms with Gasteiger partial charge in [0.1, 0.15) is 0 Å². The summed E-state index contributed by atoms with van der Waals surface area (Å²) in [6.45, 7) is 5.86. The molecule has 4 aromatic rings. The molecule has 6 rings (SSSR count). The lowest BCUT2D eigenvalue weighted by molar-refractivity contribution is -0.137. The van der Waals surface area contributed by atoms with Crippen molar-refractivity contribution in [1.82, 2.24) is 24.4 Å². The first-order valence-electron chi connectivity index (χ1n) is 13.7. The Labute approximate surface area is 230 Å². The molecule has 4 heterocycles. The van der Waals surface area contributed by atoms with Gasteiger partial charge in [-0.05, 0) is 36.1 Å². The summed E-state index contributed by atoms with van der Waals surface area (Å²) in [6.07, 6.45) is -0.707. The van der Waals surface area contributed by atoms with Crippen LogP contribution in [0, 0.1) is 0 Å². The van der Waals surface area contributed by atoms with Gasteiger partial charge in [-0.15, -0.1) is 0 Å². The summed E-state index contributed by atoms with van der Waals surface area (Å²) < 4.78 is 46.5. The topological polar surface area (TPSA) is 71.3 Å². The molecule has 0 spiro atoms. The average molecular weight is 552 g/mol. The smallest absolute Gasteiger partial charge is 0.378 e. The van der Waals surface area contributed by atoms with Crippen LogP contribution in [-0.4, -0.2) is 69.9 Å². The number of hydrogen-bond donors (Lipinski definition) is 1. The van der Waals surface area contributed by atoms with Gasteiger partial charge in [-0.2, -0.15) is 23.1 Å². The number of likely N-dealkylation sites (tertiary alicyclic amines) is 1. The van der Waals surface area contributed by atoms with Gasteiger partial charge in [0, 0.05) is 38.8 Å². The van der Waals surface area contributed by atoms with Crippen molar-refractivity contribution in [2.75, 3.05) is 49.6 Å². The maximum Gasteiger partial charge on any atom is 0.416 e. The number of anilines is 2. The highest BCUT2D eigenvalue weighted by atomic mass is 19.4. The number of imidazole rings is 1. The Bertz CT molecular complexity index is 1410. The molecular weight excluding hydrogens is 519 g/mol. The van der Waals surface area contributed by atoms with Crippen LogP contribution in [0.15, 0.2) is 60.9 Å². The van der Waals surface area contributed by atoms with Crippen molar-refractivity contribution < 1.29 is 17.9 Å². The molecule has 210 valence electrons. The van der Waals surface area contributed by atoms with Crippen LogP contribution in [0.25, 0.3) is 11.2 Å². The van der Waals surface area contributed by atoms with Crippen LogP contribution in [0.4, 0.5) is 24.9 Å². The van der Waals surface area contributed by atoms with Crippen LogP contribution < -0.4 is 10.2 Å². The molecule has 0 aliphatic carbocycles. The lowest BCUT2D eigenvalue weighted by Gasteiger charge is -2.33. The van der Waals surface area contributed by atoms with Gasteiger partial charge in [0.25, 0.3) is 0 Å². The molecule has 2 aromatic heterocycles. The van der Waals surface area contributed by atoms with Crippen LogP contribution in [0.2, 0.25) is 0 Å². The molecule has 0 saturated carbocycles. The number of benzene rings is 2. The number of fused-ring (bicyclic) bond motifs is 1. The molecule has 2 aliphatic heterocycles. The molecular formula is C29H32F3N7O. The normalized spacial score (nSPS) is 17.4. The number of nitrogens with zero attached hydrogens (tertiary/aromatic N) is 6. The summed E-state index contributed by atoms with van der Waals surface area (Å²) in [5, 5.41) is 3.65. The number of rotatable bonds is 7. The van der Waals surface area contributed by atoms with Crippen LogP contribution >= 0.6 is 0 Å². The number of nitrogens with one attached hydrogen (secondary N) is 1. The van der Waals surface area contributed by atoms with Crippen molar-refractivity contribution in [3.05, 3.63) is 77.6 Å². The molecule has 0 radical (unpaired) electrons. The zero-order chi connectivity index (χ0) is 27.5. The second-order valence-electron chi connectivity index (χ2n) is 10.4. The SMILES string of the molecule is FC(F)(F)c1ccc(Cn2cnc3c(NC4CCN(Cc5ccccc5)CC4)nc(N4CCOCC4)nc32)cc1. The van der Waals surface area contributed by atoms with Gasteiger partial charge in [-0.25, -0.2) is 4.98 Å².